The summed E-state index contributed by atoms with van der Waals surface area (Å²) in [4.78, 5) is 19.6. The highest BCUT2D eigenvalue weighted by atomic mass is 35.5. The molecule has 0 radical (unpaired) electrons. The van der Waals surface area contributed by atoms with Gasteiger partial charge in [0.25, 0.3) is 0 Å². The fourth-order valence-electron chi connectivity index (χ4n) is 6.29. The third-order valence-electron chi connectivity index (χ3n) is 8.45. The average molecular weight is 633 g/mol. The molecule has 8 nitrogen and oxygen atoms in total. The van der Waals surface area contributed by atoms with E-state index < -0.39 is 5.97 Å². The molecule has 0 aromatic carbocycles. The number of carboxylic acids is 1. The first kappa shape index (κ1) is 29.3. The smallest absolute Gasteiger partial charge is 0.358 e. The number of carboxylic acid groups (broad SMARTS) is 1. The van der Waals surface area contributed by atoms with Crippen molar-refractivity contribution in [2.75, 3.05) is 13.2 Å². The Kier molecular flexibility index (Phi) is 8.40. The van der Waals surface area contributed by atoms with E-state index in [1.165, 1.54) is 6.20 Å². The fourth-order valence-corrected chi connectivity index (χ4v) is 6.92. The van der Waals surface area contributed by atoms with Crippen LogP contribution in [0.2, 0.25) is 10.0 Å². The van der Waals surface area contributed by atoms with E-state index in [1.807, 2.05) is 6.92 Å². The van der Waals surface area contributed by atoms with Crippen LogP contribution in [0.1, 0.15) is 79.6 Å². The van der Waals surface area contributed by atoms with Gasteiger partial charge in [-0.3, -0.25) is 4.98 Å². The Morgan fingerprint density at radius 1 is 1.17 bits per heavy atom. The predicted molar refractivity (Wildman–Crippen MR) is 161 cm³/mol. The third-order valence-corrected chi connectivity index (χ3v) is 9.24. The molecule has 3 aliphatic carbocycles. The molecular weight excluding hydrogens is 601 g/mol. The lowest BCUT2D eigenvalue weighted by Crippen LogP contribution is -2.48. The summed E-state index contributed by atoms with van der Waals surface area (Å²) in [5, 5.41) is 14.6. The summed E-state index contributed by atoms with van der Waals surface area (Å²) in [5.74, 6) is 1.83. The molecule has 0 amide bonds. The Balaban J connectivity index is 1.03. The largest absolute Gasteiger partial charge is 0.492 e. The van der Waals surface area contributed by atoms with Crippen molar-refractivity contribution in [1.29, 1.82) is 0 Å². The molecule has 11 heteroatoms. The first-order chi connectivity index (χ1) is 20.2. The third kappa shape index (κ3) is 6.26. The normalized spacial score (nSPS) is 23.9. The standard InChI is InChI=1S/C31H32Cl3N3O5/c1-17(32)6-7-40-25-8-21(13-36-28(25)30(38)39)41-16-19-11-31(12-19)9-18(10-31)2-5-22-27(37-42-29(22)20-3-4-20)26-23(33)14-35-15-24(26)34/h2,5,8,13-15,17-20H,3-4,6-7,9-12,16H2,1H3,(H,38,39)/b5-2+. The van der Waals surface area contributed by atoms with Crippen molar-refractivity contribution in [1.82, 2.24) is 15.1 Å². The molecule has 0 saturated heterocycles. The molecule has 6 rings (SSSR count). The van der Waals surface area contributed by atoms with Crippen molar-refractivity contribution in [3.8, 4) is 22.8 Å². The molecule has 1 N–H and O–H groups in total. The second-order valence-electron chi connectivity index (χ2n) is 11.9. The van der Waals surface area contributed by atoms with Crippen LogP contribution in [0.25, 0.3) is 17.3 Å². The molecule has 0 bridgehead atoms. The predicted octanol–water partition coefficient (Wildman–Crippen LogP) is 8.31. The Morgan fingerprint density at radius 2 is 1.90 bits per heavy atom. The maximum atomic E-state index is 11.5. The van der Waals surface area contributed by atoms with Crippen LogP contribution in [0.15, 0.2) is 35.3 Å². The van der Waals surface area contributed by atoms with Crippen LogP contribution in [0.5, 0.6) is 11.5 Å². The first-order valence-electron chi connectivity index (χ1n) is 14.3. The van der Waals surface area contributed by atoms with Gasteiger partial charge >= 0.3 is 5.97 Å². The number of nitrogens with zero attached hydrogens (tertiary/aromatic N) is 3. The summed E-state index contributed by atoms with van der Waals surface area (Å²) < 4.78 is 17.4. The van der Waals surface area contributed by atoms with Gasteiger partial charge in [-0.1, -0.05) is 40.5 Å². The number of carbonyl (C=O) groups is 1. The zero-order valence-electron chi connectivity index (χ0n) is 23.2. The molecule has 42 heavy (non-hydrogen) atoms. The number of hydrogen-bond donors (Lipinski definition) is 1. The van der Waals surface area contributed by atoms with Crippen LogP contribution in [-0.4, -0.2) is 44.8 Å². The minimum absolute atomic E-state index is 0.0659. The molecule has 3 aromatic heterocycles. The van der Waals surface area contributed by atoms with E-state index in [0.29, 0.717) is 69.9 Å². The summed E-state index contributed by atoms with van der Waals surface area (Å²) in [6.45, 7) is 2.74. The molecule has 1 atom stereocenters. The second kappa shape index (κ2) is 12.1. The van der Waals surface area contributed by atoms with Gasteiger partial charge in [-0.15, -0.1) is 11.6 Å². The summed E-state index contributed by atoms with van der Waals surface area (Å²) in [6.07, 6.45) is 16.3. The van der Waals surface area contributed by atoms with Crippen LogP contribution in [0.4, 0.5) is 0 Å². The monoisotopic (exact) mass is 631 g/mol. The summed E-state index contributed by atoms with van der Waals surface area (Å²) in [5.41, 5.74) is 2.54. The van der Waals surface area contributed by atoms with Gasteiger partial charge in [0, 0.05) is 40.9 Å². The number of ether oxygens (including phenoxy) is 2. The maximum absolute atomic E-state index is 11.5. The topological polar surface area (TPSA) is 108 Å². The minimum atomic E-state index is -1.14. The van der Waals surface area contributed by atoms with E-state index >= 15 is 0 Å². The molecular formula is C31H32Cl3N3O5. The van der Waals surface area contributed by atoms with E-state index in [0.717, 1.165) is 49.8 Å². The highest BCUT2D eigenvalue weighted by molar-refractivity contribution is 6.39. The van der Waals surface area contributed by atoms with Gasteiger partial charge in [-0.2, -0.15) is 0 Å². The first-order valence-corrected chi connectivity index (χ1v) is 15.5. The van der Waals surface area contributed by atoms with Crippen molar-refractivity contribution in [2.24, 2.45) is 17.3 Å². The second-order valence-corrected chi connectivity index (χ2v) is 13.5. The lowest BCUT2D eigenvalue weighted by Gasteiger charge is -2.57. The molecule has 3 aliphatic rings. The molecule has 1 spiro atoms. The molecule has 3 aromatic rings. The quantitative estimate of drug-likeness (QED) is 0.199. The van der Waals surface area contributed by atoms with Gasteiger partial charge in [0.1, 0.15) is 17.2 Å². The average Bonchev–Trinajstić information content (AvgIpc) is 3.66. The van der Waals surface area contributed by atoms with Crippen LogP contribution in [-0.2, 0) is 0 Å². The van der Waals surface area contributed by atoms with Crippen molar-refractivity contribution >= 4 is 46.8 Å². The van der Waals surface area contributed by atoms with Gasteiger partial charge < -0.3 is 19.1 Å². The zero-order chi connectivity index (χ0) is 29.4. The Bertz CT molecular complexity index is 1470. The lowest BCUT2D eigenvalue weighted by atomic mass is 9.48. The van der Waals surface area contributed by atoms with Crippen molar-refractivity contribution in [3.63, 3.8) is 0 Å². The van der Waals surface area contributed by atoms with Crippen molar-refractivity contribution in [3.05, 3.63) is 57.8 Å². The number of rotatable bonds is 12. The Labute approximate surface area is 259 Å². The number of pyridine rings is 2. The van der Waals surface area contributed by atoms with Gasteiger partial charge in [-0.05, 0) is 69.1 Å². The summed E-state index contributed by atoms with van der Waals surface area (Å²) >= 11 is 18.9. The number of alkyl halides is 1. The van der Waals surface area contributed by atoms with E-state index in [9.17, 15) is 9.90 Å². The number of allylic oxidation sites excluding steroid dienone is 1. The SMILES string of the molecule is CC(Cl)CCOc1cc(OCC2CC3(CC(/C=C/c4c(-c5c(Cl)cncc5Cl)noc4C4CC4)C3)C2)cnc1C(=O)O. The van der Waals surface area contributed by atoms with Gasteiger partial charge in [0.15, 0.2) is 11.4 Å². The summed E-state index contributed by atoms with van der Waals surface area (Å²) in [6, 6.07) is 1.61. The Hall–Kier alpha value is -2.81. The van der Waals surface area contributed by atoms with E-state index in [1.54, 1.807) is 18.5 Å². The maximum Gasteiger partial charge on any atom is 0.358 e. The van der Waals surface area contributed by atoms with Crippen molar-refractivity contribution < 1.29 is 23.9 Å². The van der Waals surface area contributed by atoms with Crippen LogP contribution >= 0.6 is 34.8 Å². The number of aromatic carboxylic acids is 1. The van der Waals surface area contributed by atoms with Gasteiger partial charge in [0.05, 0.1) is 29.5 Å². The van der Waals surface area contributed by atoms with E-state index in [2.05, 4.69) is 27.3 Å². The number of halogens is 3. The van der Waals surface area contributed by atoms with Crippen LogP contribution < -0.4 is 9.47 Å². The summed E-state index contributed by atoms with van der Waals surface area (Å²) in [7, 11) is 0. The molecule has 3 heterocycles. The minimum Gasteiger partial charge on any atom is -0.492 e. The molecule has 3 fully saturated rings. The molecule has 1 unspecified atom stereocenters. The van der Waals surface area contributed by atoms with Gasteiger partial charge in [0.2, 0.25) is 0 Å². The molecule has 222 valence electrons. The molecule has 3 saturated carbocycles. The number of hydrogen-bond acceptors (Lipinski definition) is 7. The zero-order valence-corrected chi connectivity index (χ0v) is 25.5. The van der Waals surface area contributed by atoms with Crippen molar-refractivity contribution in [2.45, 2.75) is 63.2 Å². The molecule has 0 aliphatic heterocycles. The fraction of sp³-hybridized carbons (Fsp3) is 0.484. The Morgan fingerprint density at radius 3 is 2.57 bits per heavy atom. The van der Waals surface area contributed by atoms with Gasteiger partial charge in [-0.25, -0.2) is 9.78 Å². The van der Waals surface area contributed by atoms with E-state index in [-0.39, 0.29) is 16.8 Å². The number of aromatic nitrogens is 3. The van der Waals surface area contributed by atoms with Crippen LogP contribution in [0.3, 0.4) is 0 Å². The highest BCUT2D eigenvalue weighted by Gasteiger charge is 2.52. The van der Waals surface area contributed by atoms with E-state index in [4.69, 9.17) is 48.8 Å². The highest BCUT2D eigenvalue weighted by Crippen LogP contribution is 2.61. The van der Waals surface area contributed by atoms with Crippen LogP contribution in [0, 0.1) is 17.3 Å². The lowest BCUT2D eigenvalue weighted by molar-refractivity contribution is -0.0658.